The SMILES string of the molecule is CN=C(NCCCN(C)C1CCCCC1)NCC1CCCS1. The molecule has 1 aliphatic carbocycles. The Balaban J connectivity index is 1.53. The van der Waals surface area contributed by atoms with Crippen molar-refractivity contribution in [3.05, 3.63) is 0 Å². The average Bonchev–Trinajstić information content (AvgIpc) is 3.08. The normalized spacial score (nSPS) is 24.0. The fourth-order valence-electron chi connectivity index (χ4n) is 3.48. The number of nitrogens with zero attached hydrogens (tertiary/aromatic N) is 2. The van der Waals surface area contributed by atoms with E-state index >= 15 is 0 Å². The minimum Gasteiger partial charge on any atom is -0.356 e. The monoisotopic (exact) mass is 326 g/mol. The summed E-state index contributed by atoms with van der Waals surface area (Å²) in [5.41, 5.74) is 0. The zero-order chi connectivity index (χ0) is 15.6. The molecule has 2 aliphatic rings. The molecule has 0 aromatic rings. The summed E-state index contributed by atoms with van der Waals surface area (Å²) in [6.07, 6.45) is 11.0. The first-order valence-electron chi connectivity index (χ1n) is 9.06. The number of rotatable bonds is 7. The largest absolute Gasteiger partial charge is 0.356 e. The van der Waals surface area contributed by atoms with E-state index in [1.54, 1.807) is 0 Å². The van der Waals surface area contributed by atoms with Gasteiger partial charge in [-0.05, 0) is 51.4 Å². The Bertz CT molecular complexity index is 323. The van der Waals surface area contributed by atoms with Gasteiger partial charge in [0.05, 0.1) is 0 Å². The minimum absolute atomic E-state index is 0.774. The van der Waals surface area contributed by atoms with Gasteiger partial charge in [-0.3, -0.25) is 4.99 Å². The van der Waals surface area contributed by atoms with Crippen molar-refractivity contribution < 1.29 is 0 Å². The van der Waals surface area contributed by atoms with Crippen LogP contribution < -0.4 is 10.6 Å². The second-order valence-electron chi connectivity index (χ2n) is 6.64. The lowest BCUT2D eigenvalue weighted by atomic mass is 9.94. The molecule has 1 heterocycles. The van der Waals surface area contributed by atoms with Crippen LogP contribution in [0.1, 0.15) is 51.4 Å². The van der Waals surface area contributed by atoms with Crippen molar-refractivity contribution in [3.63, 3.8) is 0 Å². The fourth-order valence-corrected chi connectivity index (χ4v) is 4.68. The highest BCUT2D eigenvalue weighted by Crippen LogP contribution is 2.25. The maximum absolute atomic E-state index is 4.33. The summed E-state index contributed by atoms with van der Waals surface area (Å²) < 4.78 is 0. The summed E-state index contributed by atoms with van der Waals surface area (Å²) in [5.74, 6) is 2.29. The maximum atomic E-state index is 4.33. The average molecular weight is 327 g/mol. The molecular weight excluding hydrogens is 292 g/mol. The number of thioether (sulfide) groups is 1. The Labute approximate surface area is 140 Å². The predicted octanol–water partition coefficient (Wildman–Crippen LogP) is 2.70. The molecule has 1 unspecified atom stereocenters. The van der Waals surface area contributed by atoms with E-state index in [2.05, 4.69) is 39.3 Å². The first kappa shape index (κ1) is 17.9. The summed E-state index contributed by atoms with van der Waals surface area (Å²) in [4.78, 5) is 6.89. The molecule has 2 rings (SSSR count). The summed E-state index contributed by atoms with van der Waals surface area (Å²) in [5, 5.41) is 7.70. The van der Waals surface area contributed by atoms with Gasteiger partial charge in [0, 0.05) is 31.4 Å². The van der Waals surface area contributed by atoms with E-state index in [-0.39, 0.29) is 0 Å². The summed E-state index contributed by atoms with van der Waals surface area (Å²) >= 11 is 2.09. The zero-order valence-electron chi connectivity index (χ0n) is 14.4. The lowest BCUT2D eigenvalue weighted by molar-refractivity contribution is 0.190. The number of hydrogen-bond donors (Lipinski definition) is 2. The van der Waals surface area contributed by atoms with Crippen molar-refractivity contribution >= 4 is 17.7 Å². The van der Waals surface area contributed by atoms with Crippen molar-refractivity contribution in [2.24, 2.45) is 4.99 Å². The molecule has 1 saturated heterocycles. The molecule has 0 bridgehead atoms. The highest BCUT2D eigenvalue weighted by Gasteiger charge is 2.17. The van der Waals surface area contributed by atoms with Crippen LogP contribution in [0.2, 0.25) is 0 Å². The lowest BCUT2D eigenvalue weighted by Gasteiger charge is -2.31. The molecule has 0 aromatic heterocycles. The molecule has 1 saturated carbocycles. The van der Waals surface area contributed by atoms with Gasteiger partial charge in [-0.15, -0.1) is 0 Å². The number of nitrogens with one attached hydrogen (secondary N) is 2. The number of guanidine groups is 1. The second kappa shape index (κ2) is 10.4. The molecule has 0 amide bonds. The molecule has 2 N–H and O–H groups in total. The van der Waals surface area contributed by atoms with Gasteiger partial charge < -0.3 is 15.5 Å². The van der Waals surface area contributed by atoms with Gasteiger partial charge in [0.2, 0.25) is 0 Å². The highest BCUT2D eigenvalue weighted by molar-refractivity contribution is 8.00. The third kappa shape index (κ3) is 6.37. The standard InChI is InChI=1S/C17H34N4S/c1-18-17(20-14-16-10-6-13-22-16)19-11-7-12-21(2)15-8-4-3-5-9-15/h15-16H,3-14H2,1-2H3,(H2,18,19,20). The van der Waals surface area contributed by atoms with Crippen molar-refractivity contribution in [1.82, 2.24) is 15.5 Å². The first-order chi connectivity index (χ1) is 10.8. The van der Waals surface area contributed by atoms with Crippen LogP contribution in [-0.4, -0.2) is 61.6 Å². The van der Waals surface area contributed by atoms with Crippen molar-refractivity contribution in [2.45, 2.75) is 62.7 Å². The third-order valence-corrected chi connectivity index (χ3v) is 6.32. The van der Waals surface area contributed by atoms with Crippen LogP contribution in [0, 0.1) is 0 Å². The Morgan fingerprint density at radius 2 is 1.95 bits per heavy atom. The summed E-state index contributed by atoms with van der Waals surface area (Å²) in [6, 6.07) is 0.825. The molecule has 4 nitrogen and oxygen atoms in total. The Morgan fingerprint density at radius 1 is 1.14 bits per heavy atom. The van der Waals surface area contributed by atoms with E-state index in [4.69, 9.17) is 0 Å². The molecule has 22 heavy (non-hydrogen) atoms. The summed E-state index contributed by atoms with van der Waals surface area (Å²) in [6.45, 7) is 3.24. The van der Waals surface area contributed by atoms with Crippen molar-refractivity contribution in [3.8, 4) is 0 Å². The van der Waals surface area contributed by atoms with Gasteiger partial charge in [-0.2, -0.15) is 11.8 Å². The van der Waals surface area contributed by atoms with Crippen LogP contribution in [-0.2, 0) is 0 Å². The van der Waals surface area contributed by atoms with Gasteiger partial charge in [0.25, 0.3) is 0 Å². The van der Waals surface area contributed by atoms with Gasteiger partial charge in [0.1, 0.15) is 0 Å². The van der Waals surface area contributed by atoms with Crippen LogP contribution in [0.25, 0.3) is 0 Å². The lowest BCUT2D eigenvalue weighted by Crippen LogP contribution is -2.41. The summed E-state index contributed by atoms with van der Waals surface area (Å²) in [7, 11) is 4.16. The van der Waals surface area contributed by atoms with Crippen LogP contribution in [0.3, 0.4) is 0 Å². The van der Waals surface area contributed by atoms with Gasteiger partial charge in [-0.1, -0.05) is 19.3 Å². The topological polar surface area (TPSA) is 39.7 Å². The molecule has 128 valence electrons. The minimum atomic E-state index is 0.774. The Kier molecular flexibility index (Phi) is 8.45. The van der Waals surface area contributed by atoms with Gasteiger partial charge in [-0.25, -0.2) is 0 Å². The molecule has 1 atom stereocenters. The van der Waals surface area contributed by atoms with E-state index in [0.29, 0.717) is 0 Å². The molecule has 0 aromatic carbocycles. The van der Waals surface area contributed by atoms with Crippen molar-refractivity contribution in [1.29, 1.82) is 0 Å². The second-order valence-corrected chi connectivity index (χ2v) is 8.05. The van der Waals surface area contributed by atoms with Crippen LogP contribution in [0.15, 0.2) is 4.99 Å². The van der Waals surface area contributed by atoms with E-state index in [0.717, 1.165) is 30.3 Å². The van der Waals surface area contributed by atoms with E-state index in [1.165, 1.54) is 63.7 Å². The zero-order valence-corrected chi connectivity index (χ0v) is 15.3. The highest BCUT2D eigenvalue weighted by atomic mass is 32.2. The molecule has 1 aliphatic heterocycles. The molecule has 0 spiro atoms. The van der Waals surface area contributed by atoms with Crippen molar-refractivity contribution in [2.75, 3.05) is 39.5 Å². The fraction of sp³-hybridized carbons (Fsp3) is 0.941. The molecule has 0 radical (unpaired) electrons. The van der Waals surface area contributed by atoms with E-state index in [9.17, 15) is 0 Å². The van der Waals surface area contributed by atoms with E-state index < -0.39 is 0 Å². The molecular formula is C17H34N4S. The molecule has 2 fully saturated rings. The maximum Gasteiger partial charge on any atom is 0.191 e. The quantitative estimate of drug-likeness (QED) is 0.429. The van der Waals surface area contributed by atoms with Gasteiger partial charge >= 0.3 is 0 Å². The van der Waals surface area contributed by atoms with E-state index in [1.807, 2.05) is 7.05 Å². The molecule has 5 heteroatoms. The number of aliphatic imine (C=N–C) groups is 1. The Morgan fingerprint density at radius 3 is 2.64 bits per heavy atom. The smallest absolute Gasteiger partial charge is 0.191 e. The van der Waals surface area contributed by atoms with Crippen LogP contribution in [0.5, 0.6) is 0 Å². The first-order valence-corrected chi connectivity index (χ1v) is 10.1. The third-order valence-electron chi connectivity index (χ3n) is 4.92. The van der Waals surface area contributed by atoms with Crippen LogP contribution in [0.4, 0.5) is 0 Å². The number of hydrogen-bond acceptors (Lipinski definition) is 3. The van der Waals surface area contributed by atoms with Crippen LogP contribution >= 0.6 is 11.8 Å². The Hall–Kier alpha value is -0.420. The predicted molar refractivity (Wildman–Crippen MR) is 99.0 cm³/mol. The van der Waals surface area contributed by atoms with Gasteiger partial charge in [0.15, 0.2) is 5.96 Å².